The van der Waals surface area contributed by atoms with Crippen LogP contribution < -0.4 is 5.73 Å². The molecule has 0 aliphatic heterocycles. The van der Waals surface area contributed by atoms with E-state index in [1.54, 1.807) is 0 Å². The Morgan fingerprint density at radius 1 is 1.00 bits per heavy atom. The van der Waals surface area contributed by atoms with E-state index in [0.717, 1.165) is 18.0 Å². The van der Waals surface area contributed by atoms with E-state index >= 15 is 0 Å². The van der Waals surface area contributed by atoms with Crippen molar-refractivity contribution in [3.63, 3.8) is 0 Å². The summed E-state index contributed by atoms with van der Waals surface area (Å²) in [6, 6.07) is 2.19. The smallest absolute Gasteiger partial charge is 0.0100 e. The molecular formula is C12H24N2. The van der Waals surface area contributed by atoms with Gasteiger partial charge < -0.3 is 10.6 Å². The minimum absolute atomic E-state index is 0.486. The Hall–Kier alpha value is -0.0800. The molecule has 2 N–H and O–H groups in total. The van der Waals surface area contributed by atoms with Crippen LogP contribution in [-0.2, 0) is 0 Å². The van der Waals surface area contributed by atoms with E-state index in [1.165, 1.54) is 38.5 Å². The lowest BCUT2D eigenvalue weighted by Crippen LogP contribution is -2.48. The second-order valence-corrected chi connectivity index (χ2v) is 5.46. The highest BCUT2D eigenvalue weighted by molar-refractivity contribution is 4.89. The SMILES string of the molecule is CC1CC(N(C)C2CCC(N)CC2)C1. The number of nitrogens with two attached hydrogens (primary N) is 1. The van der Waals surface area contributed by atoms with Crippen molar-refractivity contribution in [3.8, 4) is 0 Å². The molecule has 82 valence electrons. The van der Waals surface area contributed by atoms with E-state index < -0.39 is 0 Å². The zero-order chi connectivity index (χ0) is 10.1. The van der Waals surface area contributed by atoms with E-state index in [4.69, 9.17) is 5.73 Å². The molecule has 0 aromatic heterocycles. The van der Waals surface area contributed by atoms with Gasteiger partial charge in [0.25, 0.3) is 0 Å². The molecule has 0 spiro atoms. The molecule has 0 atom stereocenters. The third-order valence-electron chi connectivity index (χ3n) is 4.24. The molecule has 2 aliphatic rings. The minimum Gasteiger partial charge on any atom is -0.328 e. The average Bonchev–Trinajstić information content (AvgIpc) is 2.13. The van der Waals surface area contributed by atoms with Gasteiger partial charge in [-0.05, 0) is 51.5 Å². The van der Waals surface area contributed by atoms with Crippen LogP contribution in [0, 0.1) is 5.92 Å². The van der Waals surface area contributed by atoms with Crippen LogP contribution in [0.15, 0.2) is 0 Å². The van der Waals surface area contributed by atoms with Gasteiger partial charge >= 0.3 is 0 Å². The molecule has 14 heavy (non-hydrogen) atoms. The summed E-state index contributed by atoms with van der Waals surface area (Å²) in [6.45, 7) is 2.36. The zero-order valence-electron chi connectivity index (χ0n) is 9.58. The Balaban J connectivity index is 1.77. The summed E-state index contributed by atoms with van der Waals surface area (Å²) in [7, 11) is 2.32. The monoisotopic (exact) mass is 196 g/mol. The van der Waals surface area contributed by atoms with Crippen LogP contribution in [0.2, 0.25) is 0 Å². The van der Waals surface area contributed by atoms with Crippen LogP contribution in [0.5, 0.6) is 0 Å². The lowest BCUT2D eigenvalue weighted by molar-refractivity contribution is 0.0545. The Kier molecular flexibility index (Phi) is 3.13. The first-order valence-electron chi connectivity index (χ1n) is 6.14. The summed E-state index contributed by atoms with van der Waals surface area (Å²) in [4.78, 5) is 2.63. The van der Waals surface area contributed by atoms with Crippen molar-refractivity contribution < 1.29 is 0 Å². The summed E-state index contributed by atoms with van der Waals surface area (Å²) in [5, 5.41) is 0. The first-order valence-corrected chi connectivity index (χ1v) is 6.14. The van der Waals surface area contributed by atoms with Crippen molar-refractivity contribution in [1.82, 2.24) is 4.90 Å². The lowest BCUT2D eigenvalue weighted by atomic mass is 9.79. The summed E-state index contributed by atoms with van der Waals surface area (Å²) in [5.74, 6) is 0.966. The van der Waals surface area contributed by atoms with Crippen molar-refractivity contribution in [3.05, 3.63) is 0 Å². The van der Waals surface area contributed by atoms with Crippen molar-refractivity contribution in [1.29, 1.82) is 0 Å². The van der Waals surface area contributed by atoms with Crippen molar-refractivity contribution in [2.45, 2.75) is 63.6 Å². The molecule has 0 saturated heterocycles. The van der Waals surface area contributed by atoms with Crippen LogP contribution in [0.4, 0.5) is 0 Å². The molecule has 0 aromatic carbocycles. The molecule has 0 aromatic rings. The van der Waals surface area contributed by atoms with Crippen LogP contribution >= 0.6 is 0 Å². The third-order valence-corrected chi connectivity index (χ3v) is 4.24. The Morgan fingerprint density at radius 2 is 1.57 bits per heavy atom. The van der Waals surface area contributed by atoms with Gasteiger partial charge in [-0.25, -0.2) is 0 Å². The van der Waals surface area contributed by atoms with Crippen LogP contribution in [-0.4, -0.2) is 30.1 Å². The third kappa shape index (κ3) is 2.12. The normalized spacial score (nSPS) is 43.7. The molecule has 2 aliphatic carbocycles. The maximum absolute atomic E-state index is 5.92. The van der Waals surface area contributed by atoms with E-state index in [-0.39, 0.29) is 0 Å². The van der Waals surface area contributed by atoms with Gasteiger partial charge in [0, 0.05) is 18.1 Å². The quantitative estimate of drug-likeness (QED) is 0.732. The first kappa shape index (κ1) is 10.4. The topological polar surface area (TPSA) is 29.3 Å². The fraction of sp³-hybridized carbons (Fsp3) is 1.00. The van der Waals surface area contributed by atoms with Crippen LogP contribution in [0.25, 0.3) is 0 Å². The van der Waals surface area contributed by atoms with Gasteiger partial charge in [-0.1, -0.05) is 6.92 Å². The van der Waals surface area contributed by atoms with Gasteiger partial charge in [-0.15, -0.1) is 0 Å². The highest BCUT2D eigenvalue weighted by atomic mass is 15.2. The molecule has 2 fully saturated rings. The fourth-order valence-electron chi connectivity index (χ4n) is 3.00. The lowest BCUT2D eigenvalue weighted by Gasteiger charge is -2.45. The van der Waals surface area contributed by atoms with Gasteiger partial charge in [-0.3, -0.25) is 0 Å². The van der Waals surface area contributed by atoms with Gasteiger partial charge in [0.05, 0.1) is 0 Å². The summed E-state index contributed by atoms with van der Waals surface area (Å²) in [6.07, 6.45) is 7.94. The second kappa shape index (κ2) is 4.19. The van der Waals surface area contributed by atoms with Crippen LogP contribution in [0.1, 0.15) is 45.4 Å². The maximum Gasteiger partial charge on any atom is 0.0100 e. The molecular weight excluding hydrogens is 172 g/mol. The Morgan fingerprint density at radius 3 is 2.07 bits per heavy atom. The summed E-state index contributed by atoms with van der Waals surface area (Å²) >= 11 is 0. The molecule has 0 amide bonds. The van der Waals surface area contributed by atoms with E-state index in [0.29, 0.717) is 6.04 Å². The standard InChI is InChI=1S/C12H24N2/c1-9-7-12(8-9)14(2)11-5-3-10(13)4-6-11/h9-12H,3-8,13H2,1-2H3. The minimum atomic E-state index is 0.486. The van der Waals surface area contributed by atoms with Gasteiger partial charge in [0.15, 0.2) is 0 Å². The molecule has 2 heteroatoms. The predicted octanol–water partition coefficient (Wildman–Crippen LogP) is 1.99. The predicted molar refractivity (Wildman–Crippen MR) is 60.2 cm³/mol. The highest BCUT2D eigenvalue weighted by Crippen LogP contribution is 2.34. The number of rotatable bonds is 2. The molecule has 0 heterocycles. The molecule has 0 unspecified atom stereocenters. The molecule has 2 saturated carbocycles. The number of hydrogen-bond donors (Lipinski definition) is 1. The fourth-order valence-corrected chi connectivity index (χ4v) is 3.00. The Bertz CT molecular complexity index is 179. The van der Waals surface area contributed by atoms with E-state index in [9.17, 15) is 0 Å². The molecule has 2 rings (SSSR count). The summed E-state index contributed by atoms with van der Waals surface area (Å²) in [5.41, 5.74) is 5.92. The number of nitrogens with zero attached hydrogens (tertiary/aromatic N) is 1. The zero-order valence-corrected chi connectivity index (χ0v) is 9.58. The van der Waals surface area contributed by atoms with Gasteiger partial charge in [0.1, 0.15) is 0 Å². The maximum atomic E-state index is 5.92. The number of hydrogen-bond acceptors (Lipinski definition) is 2. The molecule has 0 bridgehead atoms. The molecule has 2 nitrogen and oxygen atoms in total. The van der Waals surface area contributed by atoms with Crippen molar-refractivity contribution in [2.24, 2.45) is 11.7 Å². The summed E-state index contributed by atoms with van der Waals surface area (Å²) < 4.78 is 0. The van der Waals surface area contributed by atoms with E-state index in [2.05, 4.69) is 18.9 Å². The first-order chi connectivity index (χ1) is 6.66. The largest absolute Gasteiger partial charge is 0.328 e. The van der Waals surface area contributed by atoms with Crippen LogP contribution in [0.3, 0.4) is 0 Å². The average molecular weight is 196 g/mol. The van der Waals surface area contributed by atoms with Gasteiger partial charge in [-0.2, -0.15) is 0 Å². The van der Waals surface area contributed by atoms with E-state index in [1.807, 2.05) is 0 Å². The Labute approximate surface area is 87.8 Å². The second-order valence-electron chi connectivity index (χ2n) is 5.46. The van der Waals surface area contributed by atoms with Crippen molar-refractivity contribution in [2.75, 3.05) is 7.05 Å². The highest BCUT2D eigenvalue weighted by Gasteiger charge is 2.33. The molecule has 0 radical (unpaired) electrons. The van der Waals surface area contributed by atoms with Gasteiger partial charge in [0.2, 0.25) is 0 Å². The van der Waals surface area contributed by atoms with Crippen molar-refractivity contribution >= 4 is 0 Å².